The Labute approximate surface area is 135 Å². The smallest absolute Gasteiger partial charge is 0.245 e. The van der Waals surface area contributed by atoms with Crippen LogP contribution in [0.5, 0.6) is 0 Å². The van der Waals surface area contributed by atoms with Gasteiger partial charge in [0.15, 0.2) is 0 Å². The summed E-state index contributed by atoms with van der Waals surface area (Å²) in [4.78, 5) is 25.2. The van der Waals surface area contributed by atoms with Gasteiger partial charge in [-0.3, -0.25) is 9.59 Å². The van der Waals surface area contributed by atoms with Crippen molar-refractivity contribution in [3.63, 3.8) is 0 Å². The van der Waals surface area contributed by atoms with Gasteiger partial charge < -0.3 is 10.2 Å². The van der Waals surface area contributed by atoms with E-state index in [0.29, 0.717) is 16.6 Å². The van der Waals surface area contributed by atoms with Crippen LogP contribution < -0.4 is 5.32 Å². The Morgan fingerprint density at radius 3 is 2.38 bits per heavy atom. The van der Waals surface area contributed by atoms with E-state index in [4.69, 9.17) is 23.2 Å². The fourth-order valence-corrected chi connectivity index (χ4v) is 2.42. The van der Waals surface area contributed by atoms with Crippen molar-refractivity contribution in [2.45, 2.75) is 33.4 Å². The van der Waals surface area contributed by atoms with Crippen molar-refractivity contribution in [2.24, 2.45) is 5.92 Å². The number of hydrogen-bond donors (Lipinski definition) is 1. The molecule has 1 N–H and O–H groups in total. The molecule has 1 unspecified atom stereocenters. The van der Waals surface area contributed by atoms with Crippen molar-refractivity contribution >= 4 is 35.0 Å². The van der Waals surface area contributed by atoms with Gasteiger partial charge >= 0.3 is 0 Å². The summed E-state index contributed by atoms with van der Waals surface area (Å²) < 4.78 is 0. The highest BCUT2D eigenvalue weighted by Gasteiger charge is 2.26. The molecule has 0 heterocycles. The normalized spacial score (nSPS) is 12.1. The Balaban J connectivity index is 2.83. The average molecular weight is 331 g/mol. The van der Waals surface area contributed by atoms with E-state index in [2.05, 4.69) is 5.32 Å². The molecule has 0 radical (unpaired) electrons. The maximum absolute atomic E-state index is 12.4. The van der Waals surface area contributed by atoms with Gasteiger partial charge in [0, 0.05) is 30.6 Å². The third-order valence-corrected chi connectivity index (χ3v) is 3.68. The minimum Gasteiger partial charge on any atom is -0.344 e. The molecule has 0 aliphatic carbocycles. The van der Waals surface area contributed by atoms with E-state index in [1.807, 2.05) is 13.8 Å². The first kappa shape index (κ1) is 17.8. The molecule has 0 fully saturated rings. The van der Waals surface area contributed by atoms with Gasteiger partial charge in [-0.15, -0.1) is 0 Å². The van der Waals surface area contributed by atoms with Gasteiger partial charge in [-0.1, -0.05) is 43.1 Å². The number of amides is 2. The Bertz CT molecular complexity index is 532. The Kier molecular flexibility index (Phi) is 6.49. The molecule has 0 bridgehead atoms. The van der Waals surface area contributed by atoms with Gasteiger partial charge in [-0.2, -0.15) is 0 Å². The minimum absolute atomic E-state index is 0.00420. The molecule has 1 aromatic rings. The predicted octanol–water partition coefficient (Wildman–Crippen LogP) is 3.11. The molecule has 0 aromatic heterocycles. The van der Waals surface area contributed by atoms with E-state index in [0.717, 1.165) is 5.56 Å². The average Bonchev–Trinajstić information content (AvgIpc) is 2.37. The number of hydrogen-bond acceptors (Lipinski definition) is 2. The van der Waals surface area contributed by atoms with Crippen LogP contribution in [0.1, 0.15) is 26.3 Å². The maximum Gasteiger partial charge on any atom is 0.245 e. The van der Waals surface area contributed by atoms with Crippen LogP contribution in [0.15, 0.2) is 18.2 Å². The Morgan fingerprint density at radius 2 is 1.90 bits per heavy atom. The number of nitrogens with one attached hydrogen (secondary N) is 1. The van der Waals surface area contributed by atoms with Crippen molar-refractivity contribution in [1.29, 1.82) is 0 Å². The molecular weight excluding hydrogens is 311 g/mol. The maximum atomic E-state index is 12.4. The second kappa shape index (κ2) is 7.66. The van der Waals surface area contributed by atoms with Gasteiger partial charge in [0.25, 0.3) is 0 Å². The van der Waals surface area contributed by atoms with Crippen LogP contribution >= 0.6 is 23.2 Å². The monoisotopic (exact) mass is 330 g/mol. The molecule has 4 nitrogen and oxygen atoms in total. The molecule has 0 aliphatic heterocycles. The van der Waals surface area contributed by atoms with Crippen LogP contribution in [0.4, 0.5) is 0 Å². The van der Waals surface area contributed by atoms with Gasteiger partial charge in [-0.25, -0.2) is 0 Å². The highest BCUT2D eigenvalue weighted by Crippen LogP contribution is 2.22. The molecule has 0 saturated carbocycles. The van der Waals surface area contributed by atoms with Crippen LogP contribution in [0.2, 0.25) is 10.0 Å². The van der Waals surface area contributed by atoms with Gasteiger partial charge in [0.2, 0.25) is 11.8 Å². The fraction of sp³-hybridized carbons (Fsp3) is 0.467. The number of nitrogens with zero attached hydrogens (tertiary/aromatic N) is 1. The summed E-state index contributed by atoms with van der Waals surface area (Å²) in [7, 11) is 1.68. The van der Waals surface area contributed by atoms with E-state index in [9.17, 15) is 9.59 Å². The molecule has 1 atom stereocenters. The highest BCUT2D eigenvalue weighted by molar-refractivity contribution is 6.35. The topological polar surface area (TPSA) is 49.4 Å². The summed E-state index contributed by atoms with van der Waals surface area (Å²) in [5.74, 6) is -0.365. The number of carbonyl (C=O) groups excluding carboxylic acids is 2. The van der Waals surface area contributed by atoms with Gasteiger partial charge in [-0.05, 0) is 23.6 Å². The van der Waals surface area contributed by atoms with E-state index in [1.54, 1.807) is 30.1 Å². The molecular formula is C15H20Cl2N2O2. The molecule has 0 saturated heterocycles. The highest BCUT2D eigenvalue weighted by atomic mass is 35.5. The van der Waals surface area contributed by atoms with Crippen molar-refractivity contribution in [3.05, 3.63) is 33.8 Å². The lowest BCUT2D eigenvalue weighted by Crippen LogP contribution is -2.49. The Hall–Kier alpha value is -1.26. The van der Waals surface area contributed by atoms with E-state index < -0.39 is 6.04 Å². The second-order valence-electron chi connectivity index (χ2n) is 5.35. The lowest BCUT2D eigenvalue weighted by molar-refractivity contribution is -0.136. The third kappa shape index (κ3) is 5.21. The van der Waals surface area contributed by atoms with E-state index in [1.165, 1.54) is 6.92 Å². The molecule has 0 aliphatic rings. The molecule has 0 spiro atoms. The number of likely N-dealkylation sites (N-methyl/N-ethyl adjacent to an activating group) is 1. The summed E-state index contributed by atoms with van der Waals surface area (Å²) >= 11 is 12.0. The first-order chi connectivity index (χ1) is 9.72. The number of rotatable bonds is 5. The van der Waals surface area contributed by atoms with Gasteiger partial charge in [0.1, 0.15) is 6.04 Å². The minimum atomic E-state index is -0.543. The molecule has 6 heteroatoms. The van der Waals surface area contributed by atoms with E-state index >= 15 is 0 Å². The second-order valence-corrected chi connectivity index (χ2v) is 6.20. The number of benzene rings is 1. The quantitative estimate of drug-likeness (QED) is 0.901. The van der Waals surface area contributed by atoms with Crippen LogP contribution in [0.25, 0.3) is 0 Å². The third-order valence-electron chi connectivity index (χ3n) is 3.09. The van der Waals surface area contributed by atoms with Crippen LogP contribution in [-0.4, -0.2) is 29.8 Å². The lowest BCUT2D eigenvalue weighted by Gasteiger charge is -2.27. The first-order valence-electron chi connectivity index (χ1n) is 6.68. The van der Waals surface area contributed by atoms with Crippen molar-refractivity contribution in [3.8, 4) is 0 Å². The van der Waals surface area contributed by atoms with Crippen LogP contribution in [0.3, 0.4) is 0 Å². The summed E-state index contributed by atoms with van der Waals surface area (Å²) in [6, 6.07) is 4.62. The molecule has 2 amide bonds. The van der Waals surface area contributed by atoms with Crippen LogP contribution in [-0.2, 0) is 16.1 Å². The molecule has 1 aromatic carbocycles. The SMILES string of the molecule is CC(=O)NC(C(=O)N(C)Cc1ccc(Cl)cc1Cl)C(C)C. The summed E-state index contributed by atoms with van der Waals surface area (Å²) in [5, 5.41) is 3.75. The van der Waals surface area contributed by atoms with Gasteiger partial charge in [0.05, 0.1) is 0 Å². The summed E-state index contributed by atoms with van der Waals surface area (Å²) in [6.07, 6.45) is 0. The lowest BCUT2D eigenvalue weighted by atomic mass is 10.0. The zero-order valence-electron chi connectivity index (χ0n) is 12.6. The van der Waals surface area contributed by atoms with E-state index in [-0.39, 0.29) is 17.7 Å². The molecule has 116 valence electrons. The summed E-state index contributed by atoms with van der Waals surface area (Å²) in [6.45, 7) is 5.54. The number of carbonyl (C=O) groups is 2. The van der Waals surface area contributed by atoms with Crippen molar-refractivity contribution in [1.82, 2.24) is 10.2 Å². The predicted molar refractivity (Wildman–Crippen MR) is 85.4 cm³/mol. The first-order valence-corrected chi connectivity index (χ1v) is 7.44. The molecule has 1 rings (SSSR count). The zero-order chi connectivity index (χ0) is 16.2. The largest absolute Gasteiger partial charge is 0.344 e. The standard InChI is InChI=1S/C15H20Cl2N2O2/c1-9(2)14(18-10(3)20)15(21)19(4)8-11-5-6-12(16)7-13(11)17/h5-7,9,14H,8H2,1-4H3,(H,18,20). The Morgan fingerprint density at radius 1 is 1.29 bits per heavy atom. The zero-order valence-corrected chi connectivity index (χ0v) is 14.1. The van der Waals surface area contributed by atoms with Crippen molar-refractivity contribution in [2.75, 3.05) is 7.05 Å². The van der Waals surface area contributed by atoms with Crippen LogP contribution in [0, 0.1) is 5.92 Å². The number of halogens is 2. The molecule has 21 heavy (non-hydrogen) atoms. The fourth-order valence-electron chi connectivity index (χ4n) is 1.95. The summed E-state index contributed by atoms with van der Waals surface area (Å²) in [5.41, 5.74) is 0.808. The van der Waals surface area contributed by atoms with Crippen molar-refractivity contribution < 1.29 is 9.59 Å².